The smallest absolute Gasteiger partial charge is 0.237 e. The molecule has 2 heterocycles. The molecule has 0 radical (unpaired) electrons. The summed E-state index contributed by atoms with van der Waals surface area (Å²) in [6, 6.07) is 13.8. The van der Waals surface area contributed by atoms with Crippen molar-refractivity contribution in [1.29, 1.82) is 0 Å². The van der Waals surface area contributed by atoms with Gasteiger partial charge in [0.1, 0.15) is 0 Å². The maximum atomic E-state index is 12.9. The predicted octanol–water partition coefficient (Wildman–Crippen LogP) is 2.42. The van der Waals surface area contributed by atoms with Crippen molar-refractivity contribution in [2.24, 2.45) is 5.73 Å². The normalized spacial score (nSPS) is 15.3. The van der Waals surface area contributed by atoms with Crippen LogP contribution >= 0.6 is 22.9 Å². The van der Waals surface area contributed by atoms with E-state index in [2.05, 4.69) is 15.9 Å². The summed E-state index contributed by atoms with van der Waals surface area (Å²) in [6.45, 7) is 5.64. The summed E-state index contributed by atoms with van der Waals surface area (Å²) in [5.41, 5.74) is 6.34. The Morgan fingerprint density at radius 1 is 1.03 bits per heavy atom. The number of hydrogen-bond donors (Lipinski definition) is 1. The molecule has 1 aliphatic rings. The predicted molar refractivity (Wildman–Crippen MR) is 117 cm³/mol. The van der Waals surface area contributed by atoms with E-state index in [-0.39, 0.29) is 12.3 Å². The molecule has 29 heavy (non-hydrogen) atoms. The number of amides is 2. The minimum absolute atomic E-state index is 0.0357. The fourth-order valence-electron chi connectivity index (χ4n) is 3.39. The molecule has 2 amide bonds. The molecule has 1 fully saturated rings. The van der Waals surface area contributed by atoms with Gasteiger partial charge in [0.15, 0.2) is 0 Å². The summed E-state index contributed by atoms with van der Waals surface area (Å²) < 4.78 is 0.818. The molecule has 0 unspecified atom stereocenters. The number of nitrogens with zero attached hydrogens (tertiary/aromatic N) is 3. The molecule has 8 heteroatoms. The highest BCUT2D eigenvalue weighted by molar-refractivity contribution is 7.16. The van der Waals surface area contributed by atoms with Gasteiger partial charge in [-0.25, -0.2) is 0 Å². The molecular formula is C21H27ClN4O2S. The van der Waals surface area contributed by atoms with Gasteiger partial charge in [-0.3, -0.25) is 19.4 Å². The molecule has 0 spiro atoms. The summed E-state index contributed by atoms with van der Waals surface area (Å²) in [4.78, 5) is 31.7. The number of benzene rings is 1. The molecule has 3 rings (SSSR count). The SMILES string of the molecule is NC(=O)CCN(Cc1ccccc1)C(=O)CN1CCN(Cc2ccc(Cl)s2)CC1. The van der Waals surface area contributed by atoms with Crippen molar-refractivity contribution >= 4 is 34.8 Å². The van der Waals surface area contributed by atoms with Crippen LogP contribution in [-0.2, 0) is 22.7 Å². The molecule has 0 saturated carbocycles. The van der Waals surface area contributed by atoms with Crippen LogP contribution in [0.5, 0.6) is 0 Å². The third-order valence-electron chi connectivity index (χ3n) is 5.03. The standard InChI is InChI=1S/C21H27ClN4O2S/c22-19-7-6-18(29-19)15-24-10-12-25(13-11-24)16-21(28)26(9-8-20(23)27)14-17-4-2-1-3-5-17/h1-7H,8-16H2,(H2,23,27). The summed E-state index contributed by atoms with van der Waals surface area (Å²) in [5.74, 6) is -0.355. The van der Waals surface area contributed by atoms with Gasteiger partial charge in [-0.1, -0.05) is 41.9 Å². The van der Waals surface area contributed by atoms with E-state index in [1.807, 2.05) is 36.4 Å². The Bertz CT molecular complexity index is 806. The number of piperazine rings is 1. The van der Waals surface area contributed by atoms with Gasteiger partial charge < -0.3 is 10.6 Å². The maximum absolute atomic E-state index is 12.9. The van der Waals surface area contributed by atoms with Crippen LogP contribution in [0, 0.1) is 0 Å². The molecule has 0 atom stereocenters. The van der Waals surface area contributed by atoms with Gasteiger partial charge in [0, 0.05) is 57.1 Å². The van der Waals surface area contributed by atoms with Crippen molar-refractivity contribution in [1.82, 2.24) is 14.7 Å². The van der Waals surface area contributed by atoms with Crippen molar-refractivity contribution in [2.45, 2.75) is 19.5 Å². The number of primary amides is 1. The average Bonchev–Trinajstić information content (AvgIpc) is 3.12. The summed E-state index contributed by atoms with van der Waals surface area (Å²) in [7, 11) is 0. The van der Waals surface area contributed by atoms with E-state index in [9.17, 15) is 9.59 Å². The molecular weight excluding hydrogens is 408 g/mol. The van der Waals surface area contributed by atoms with Crippen molar-refractivity contribution in [3.63, 3.8) is 0 Å². The Labute approximate surface area is 180 Å². The zero-order chi connectivity index (χ0) is 20.6. The number of hydrogen-bond acceptors (Lipinski definition) is 5. The van der Waals surface area contributed by atoms with Crippen molar-refractivity contribution < 1.29 is 9.59 Å². The lowest BCUT2D eigenvalue weighted by Gasteiger charge is -2.35. The highest BCUT2D eigenvalue weighted by Crippen LogP contribution is 2.23. The third-order valence-corrected chi connectivity index (χ3v) is 6.25. The first-order valence-corrected chi connectivity index (χ1v) is 11.0. The first kappa shape index (κ1) is 21.8. The van der Waals surface area contributed by atoms with Gasteiger partial charge in [0.2, 0.25) is 11.8 Å². The van der Waals surface area contributed by atoms with Gasteiger partial charge in [-0.05, 0) is 17.7 Å². The summed E-state index contributed by atoms with van der Waals surface area (Å²) in [5, 5.41) is 0. The molecule has 1 saturated heterocycles. The molecule has 1 aromatic carbocycles. The zero-order valence-corrected chi connectivity index (χ0v) is 18.0. The van der Waals surface area contributed by atoms with Crippen LogP contribution in [-0.4, -0.2) is 65.8 Å². The lowest BCUT2D eigenvalue weighted by molar-refractivity contribution is -0.134. The fourth-order valence-corrected chi connectivity index (χ4v) is 4.52. The topological polar surface area (TPSA) is 69.9 Å². The minimum Gasteiger partial charge on any atom is -0.370 e. The van der Waals surface area contributed by atoms with Gasteiger partial charge >= 0.3 is 0 Å². The van der Waals surface area contributed by atoms with E-state index in [4.69, 9.17) is 17.3 Å². The van der Waals surface area contributed by atoms with Gasteiger partial charge in [0.05, 0.1) is 10.9 Å². The number of nitrogens with two attached hydrogens (primary N) is 1. The Hall–Kier alpha value is -1.93. The van der Waals surface area contributed by atoms with E-state index in [1.54, 1.807) is 16.2 Å². The molecule has 156 valence electrons. The van der Waals surface area contributed by atoms with Gasteiger partial charge in [-0.15, -0.1) is 11.3 Å². The number of rotatable bonds is 9. The molecule has 6 nitrogen and oxygen atoms in total. The zero-order valence-electron chi connectivity index (χ0n) is 16.4. The number of carbonyl (C=O) groups excluding carboxylic acids is 2. The second-order valence-electron chi connectivity index (χ2n) is 7.28. The average molecular weight is 435 g/mol. The monoisotopic (exact) mass is 434 g/mol. The van der Waals surface area contributed by atoms with Crippen LogP contribution < -0.4 is 5.73 Å². The largest absolute Gasteiger partial charge is 0.370 e. The van der Waals surface area contributed by atoms with Crippen LogP contribution in [0.2, 0.25) is 4.34 Å². The molecule has 0 aliphatic carbocycles. The highest BCUT2D eigenvalue weighted by atomic mass is 35.5. The van der Waals surface area contributed by atoms with Gasteiger partial charge in [0.25, 0.3) is 0 Å². The van der Waals surface area contributed by atoms with Crippen LogP contribution in [0.25, 0.3) is 0 Å². The van der Waals surface area contributed by atoms with E-state index in [0.29, 0.717) is 19.6 Å². The molecule has 2 aromatic rings. The quantitative estimate of drug-likeness (QED) is 0.658. The summed E-state index contributed by atoms with van der Waals surface area (Å²) in [6.07, 6.45) is 0.176. The van der Waals surface area contributed by atoms with E-state index < -0.39 is 5.91 Å². The van der Waals surface area contributed by atoms with Crippen molar-refractivity contribution in [3.05, 3.63) is 57.2 Å². The van der Waals surface area contributed by atoms with Crippen LogP contribution in [0.1, 0.15) is 16.9 Å². The maximum Gasteiger partial charge on any atom is 0.237 e. The number of thiophene rings is 1. The first-order chi connectivity index (χ1) is 14.0. The minimum atomic E-state index is -0.391. The van der Waals surface area contributed by atoms with Crippen molar-refractivity contribution in [2.75, 3.05) is 39.3 Å². The van der Waals surface area contributed by atoms with Gasteiger partial charge in [-0.2, -0.15) is 0 Å². The van der Waals surface area contributed by atoms with E-state index in [0.717, 1.165) is 42.6 Å². The Balaban J connectivity index is 1.50. The molecule has 1 aromatic heterocycles. The second kappa shape index (κ2) is 10.7. The molecule has 0 bridgehead atoms. The molecule has 1 aliphatic heterocycles. The van der Waals surface area contributed by atoms with Crippen LogP contribution in [0.4, 0.5) is 0 Å². The Kier molecular flexibility index (Phi) is 8.06. The first-order valence-electron chi connectivity index (χ1n) is 9.78. The summed E-state index contributed by atoms with van der Waals surface area (Å²) >= 11 is 7.63. The number of carbonyl (C=O) groups is 2. The van der Waals surface area contributed by atoms with Crippen molar-refractivity contribution in [3.8, 4) is 0 Å². The van der Waals surface area contributed by atoms with E-state index >= 15 is 0 Å². The lowest BCUT2D eigenvalue weighted by Crippen LogP contribution is -2.49. The fraction of sp³-hybridized carbons (Fsp3) is 0.429. The molecule has 2 N–H and O–H groups in total. The third kappa shape index (κ3) is 7.12. The Morgan fingerprint density at radius 2 is 1.72 bits per heavy atom. The van der Waals surface area contributed by atoms with E-state index in [1.165, 1.54) is 4.88 Å². The second-order valence-corrected chi connectivity index (χ2v) is 9.07. The number of halogens is 1. The van der Waals surface area contributed by atoms with Crippen LogP contribution in [0.3, 0.4) is 0 Å². The lowest BCUT2D eigenvalue weighted by atomic mass is 10.2. The highest BCUT2D eigenvalue weighted by Gasteiger charge is 2.22. The van der Waals surface area contributed by atoms with Crippen LogP contribution in [0.15, 0.2) is 42.5 Å². The Morgan fingerprint density at radius 3 is 2.34 bits per heavy atom.